The molecular formula is C33H37F7N4O5. The molecule has 0 saturated carbocycles. The van der Waals surface area contributed by atoms with E-state index >= 15 is 0 Å². The highest BCUT2D eigenvalue weighted by molar-refractivity contribution is 5.91. The summed E-state index contributed by atoms with van der Waals surface area (Å²) < 4.78 is 105. The summed E-state index contributed by atoms with van der Waals surface area (Å²) in [6.45, 7) is -0.200. The van der Waals surface area contributed by atoms with Crippen molar-refractivity contribution in [2.24, 2.45) is 11.7 Å². The van der Waals surface area contributed by atoms with Crippen LogP contribution < -0.4 is 5.73 Å². The van der Waals surface area contributed by atoms with Gasteiger partial charge in [-0.05, 0) is 86.5 Å². The maximum atomic E-state index is 14.1. The maximum absolute atomic E-state index is 14.1. The molecule has 0 spiro atoms. The van der Waals surface area contributed by atoms with Gasteiger partial charge in [0, 0.05) is 19.7 Å². The molecule has 0 aliphatic carbocycles. The van der Waals surface area contributed by atoms with E-state index in [2.05, 4.69) is 0 Å². The first-order valence-corrected chi connectivity index (χ1v) is 16.0. The molecule has 16 heteroatoms. The van der Waals surface area contributed by atoms with Crippen LogP contribution >= 0.6 is 0 Å². The summed E-state index contributed by atoms with van der Waals surface area (Å²) in [7, 11) is 0. The quantitative estimate of drug-likeness (QED) is 0.265. The number of ether oxygens (including phenoxy) is 2. The second kappa shape index (κ2) is 14.9. The molecule has 3 heterocycles. The third-order valence-electron chi connectivity index (χ3n) is 9.04. The summed E-state index contributed by atoms with van der Waals surface area (Å²) in [5.41, 5.74) is 2.60. The van der Waals surface area contributed by atoms with Gasteiger partial charge >= 0.3 is 18.4 Å². The molecule has 0 bridgehead atoms. The van der Waals surface area contributed by atoms with Crippen molar-refractivity contribution in [1.82, 2.24) is 14.7 Å². The fraction of sp³-hybridized carbons (Fsp3) is 0.545. The van der Waals surface area contributed by atoms with Gasteiger partial charge in [-0.2, -0.15) is 26.3 Å². The molecule has 3 aliphatic heterocycles. The number of carbonyl (C=O) groups is 3. The number of benzene rings is 2. The maximum Gasteiger partial charge on any atom is 0.416 e. The Morgan fingerprint density at radius 3 is 2.18 bits per heavy atom. The Labute approximate surface area is 278 Å². The molecule has 2 aromatic carbocycles. The molecular weight excluding hydrogens is 665 g/mol. The van der Waals surface area contributed by atoms with Gasteiger partial charge in [0.1, 0.15) is 24.6 Å². The smallest absolute Gasteiger partial charge is 0.416 e. The second-order valence-corrected chi connectivity index (χ2v) is 12.6. The first kappa shape index (κ1) is 36.4. The Hall–Kier alpha value is -3.92. The SMILES string of the molecule is NCCCC[C@H]1C(=O)N(CC2CCCO2)C[C@@H]2N(C(=O)OCc3cc(C(F)(F)F)cc(C(F)(F)F)c3)C[C@@H](Cc3ccc(F)cc3)C(=O)N21. The van der Waals surface area contributed by atoms with Crippen LogP contribution in [0.3, 0.4) is 0 Å². The standard InChI is InChI=1S/C33H37F7N4O5/c34-25-8-6-20(7-9-25)12-22-16-43(31(47)49-19-21-13-23(32(35,36)37)15-24(14-21)33(38,39)40)28-18-42(17-26-4-3-11-48-26)30(46)27(5-1-2-10-41)44(28)29(22)45/h6-9,13-15,22,26-28H,1-5,10-12,16-19,41H2/t22-,26?,27+,28-/m1/s1. The number of unbranched alkanes of at least 4 members (excludes halogenated alkanes) is 1. The number of hydrogen-bond acceptors (Lipinski definition) is 6. The van der Waals surface area contributed by atoms with Crippen LogP contribution in [0.4, 0.5) is 35.5 Å². The molecule has 5 rings (SSSR count). The summed E-state index contributed by atoms with van der Waals surface area (Å²) in [6, 6.07) is 5.33. The molecule has 268 valence electrons. The predicted octanol–water partition coefficient (Wildman–Crippen LogP) is 5.35. The molecule has 3 fully saturated rings. The number of fused-ring (bicyclic) bond motifs is 1. The van der Waals surface area contributed by atoms with Gasteiger partial charge < -0.3 is 25.0 Å². The third kappa shape index (κ3) is 8.63. The number of halogens is 7. The summed E-state index contributed by atoms with van der Waals surface area (Å²) in [5, 5.41) is 0. The number of nitrogens with zero attached hydrogens (tertiary/aromatic N) is 3. The van der Waals surface area contributed by atoms with Gasteiger partial charge in [0.25, 0.3) is 0 Å². The number of piperazine rings is 1. The van der Waals surface area contributed by atoms with Crippen LogP contribution in [0, 0.1) is 11.7 Å². The summed E-state index contributed by atoms with van der Waals surface area (Å²) in [4.78, 5) is 45.9. The highest BCUT2D eigenvalue weighted by atomic mass is 19.4. The zero-order chi connectivity index (χ0) is 35.5. The van der Waals surface area contributed by atoms with Crippen LogP contribution in [-0.4, -0.2) is 83.7 Å². The highest BCUT2D eigenvalue weighted by Crippen LogP contribution is 2.37. The van der Waals surface area contributed by atoms with Gasteiger partial charge in [-0.1, -0.05) is 12.1 Å². The second-order valence-electron chi connectivity index (χ2n) is 12.6. The van der Waals surface area contributed by atoms with Gasteiger partial charge in [0.15, 0.2) is 0 Å². The van der Waals surface area contributed by atoms with E-state index in [0.717, 1.165) is 6.42 Å². The van der Waals surface area contributed by atoms with E-state index in [4.69, 9.17) is 15.2 Å². The average Bonchev–Trinajstić information content (AvgIpc) is 3.56. The van der Waals surface area contributed by atoms with Gasteiger partial charge in [-0.15, -0.1) is 0 Å². The van der Waals surface area contributed by atoms with E-state index in [-0.39, 0.29) is 50.6 Å². The Morgan fingerprint density at radius 2 is 1.59 bits per heavy atom. The molecule has 49 heavy (non-hydrogen) atoms. The minimum atomic E-state index is -5.10. The molecule has 2 N–H and O–H groups in total. The van der Waals surface area contributed by atoms with E-state index in [0.29, 0.717) is 50.1 Å². The van der Waals surface area contributed by atoms with Crippen molar-refractivity contribution in [2.45, 2.75) is 75.8 Å². The monoisotopic (exact) mass is 702 g/mol. The first-order chi connectivity index (χ1) is 23.2. The lowest BCUT2D eigenvalue weighted by Gasteiger charge is -2.54. The predicted molar refractivity (Wildman–Crippen MR) is 160 cm³/mol. The molecule has 3 aliphatic rings. The zero-order valence-electron chi connectivity index (χ0n) is 26.4. The topological polar surface area (TPSA) is 105 Å². The first-order valence-electron chi connectivity index (χ1n) is 16.0. The summed E-state index contributed by atoms with van der Waals surface area (Å²) in [5.74, 6) is -2.18. The fourth-order valence-electron chi connectivity index (χ4n) is 6.64. The molecule has 4 atom stereocenters. The van der Waals surface area contributed by atoms with E-state index in [9.17, 15) is 45.1 Å². The Balaban J connectivity index is 1.46. The van der Waals surface area contributed by atoms with Crippen molar-refractivity contribution in [3.8, 4) is 0 Å². The lowest BCUT2D eigenvalue weighted by atomic mass is 9.90. The summed E-state index contributed by atoms with van der Waals surface area (Å²) in [6.07, 6.45) is -9.74. The van der Waals surface area contributed by atoms with E-state index < -0.39 is 71.6 Å². The summed E-state index contributed by atoms with van der Waals surface area (Å²) >= 11 is 0. The lowest BCUT2D eigenvalue weighted by Crippen LogP contribution is -2.73. The lowest BCUT2D eigenvalue weighted by molar-refractivity contribution is -0.174. The molecule has 3 saturated heterocycles. The molecule has 0 radical (unpaired) electrons. The van der Waals surface area contributed by atoms with Gasteiger partial charge in [-0.3, -0.25) is 14.5 Å². The van der Waals surface area contributed by atoms with Crippen molar-refractivity contribution < 1.29 is 54.6 Å². The van der Waals surface area contributed by atoms with Gasteiger partial charge in [-0.25, -0.2) is 9.18 Å². The van der Waals surface area contributed by atoms with E-state index in [1.807, 2.05) is 0 Å². The van der Waals surface area contributed by atoms with E-state index in [1.165, 1.54) is 39.0 Å². The number of hydrogen-bond donors (Lipinski definition) is 1. The van der Waals surface area contributed by atoms with Crippen LogP contribution in [0.1, 0.15) is 54.4 Å². The van der Waals surface area contributed by atoms with Crippen LogP contribution in [0.5, 0.6) is 0 Å². The minimum absolute atomic E-state index is 0.0218. The van der Waals surface area contributed by atoms with E-state index in [1.54, 1.807) is 0 Å². The van der Waals surface area contributed by atoms with Crippen molar-refractivity contribution in [3.63, 3.8) is 0 Å². The van der Waals surface area contributed by atoms with Crippen LogP contribution in [-0.2, 0) is 44.4 Å². The van der Waals surface area contributed by atoms with Crippen molar-refractivity contribution in [3.05, 3.63) is 70.5 Å². The molecule has 2 aromatic rings. The third-order valence-corrected chi connectivity index (χ3v) is 9.04. The molecule has 0 aromatic heterocycles. The van der Waals surface area contributed by atoms with Gasteiger partial charge in [0.2, 0.25) is 11.8 Å². The minimum Gasteiger partial charge on any atom is -0.444 e. The number of rotatable bonds is 10. The Morgan fingerprint density at radius 1 is 0.918 bits per heavy atom. The molecule has 1 unspecified atom stereocenters. The number of carbonyl (C=O) groups excluding carboxylic acids is 3. The zero-order valence-corrected chi connectivity index (χ0v) is 26.4. The van der Waals surface area contributed by atoms with Crippen LogP contribution in [0.15, 0.2) is 42.5 Å². The molecule has 9 nitrogen and oxygen atoms in total. The van der Waals surface area contributed by atoms with Crippen molar-refractivity contribution in [2.75, 3.05) is 32.8 Å². The molecule has 3 amide bonds. The van der Waals surface area contributed by atoms with Crippen molar-refractivity contribution >= 4 is 17.9 Å². The number of amides is 3. The van der Waals surface area contributed by atoms with Crippen LogP contribution in [0.25, 0.3) is 0 Å². The fourth-order valence-corrected chi connectivity index (χ4v) is 6.64. The average molecular weight is 703 g/mol. The normalized spacial score (nSPS) is 23.2. The largest absolute Gasteiger partial charge is 0.444 e. The Bertz CT molecular complexity index is 1470. The van der Waals surface area contributed by atoms with Gasteiger partial charge in [0.05, 0.1) is 29.7 Å². The van der Waals surface area contributed by atoms with Crippen LogP contribution in [0.2, 0.25) is 0 Å². The Kier molecular flexibility index (Phi) is 11.1. The highest BCUT2D eigenvalue weighted by Gasteiger charge is 2.52. The number of alkyl halides is 6. The van der Waals surface area contributed by atoms with Crippen molar-refractivity contribution in [1.29, 1.82) is 0 Å². The number of nitrogens with two attached hydrogens (primary N) is 1.